The number of thiazole rings is 1. The van der Waals surface area contributed by atoms with Crippen LogP contribution in [0.1, 0.15) is 36.3 Å². The smallest absolute Gasteiger partial charge is 0.227 e. The molecule has 0 atom stereocenters. The van der Waals surface area contributed by atoms with Crippen molar-refractivity contribution in [1.29, 1.82) is 0 Å². The largest absolute Gasteiger partial charge is 0.342 e. The number of pyridine rings is 1. The van der Waals surface area contributed by atoms with Gasteiger partial charge < -0.3 is 4.90 Å². The number of carbonyl (C=O) groups excluding carboxylic acids is 1. The molecule has 116 valence electrons. The third-order valence-corrected chi connectivity index (χ3v) is 5.30. The van der Waals surface area contributed by atoms with Crippen LogP contribution >= 0.6 is 11.3 Å². The van der Waals surface area contributed by atoms with Gasteiger partial charge in [0.2, 0.25) is 5.91 Å². The van der Waals surface area contributed by atoms with Gasteiger partial charge >= 0.3 is 0 Å². The van der Waals surface area contributed by atoms with Gasteiger partial charge in [0.15, 0.2) is 0 Å². The molecule has 0 spiro atoms. The SMILES string of the molecule is Cc1nc(-c2ccncc2)sc1CC(=O)N1CCCCCC1. The van der Waals surface area contributed by atoms with E-state index in [0.29, 0.717) is 6.42 Å². The molecule has 0 N–H and O–H groups in total. The molecule has 1 amide bonds. The molecule has 0 aromatic carbocycles. The van der Waals surface area contributed by atoms with Gasteiger partial charge in [0.25, 0.3) is 0 Å². The number of aromatic nitrogens is 2. The number of carbonyl (C=O) groups is 1. The summed E-state index contributed by atoms with van der Waals surface area (Å²) in [5, 5.41) is 0.971. The van der Waals surface area contributed by atoms with Crippen LogP contribution in [0.5, 0.6) is 0 Å². The van der Waals surface area contributed by atoms with Crippen molar-refractivity contribution >= 4 is 17.2 Å². The van der Waals surface area contributed by atoms with Crippen molar-refractivity contribution in [2.45, 2.75) is 39.0 Å². The quantitative estimate of drug-likeness (QED) is 0.871. The fourth-order valence-corrected chi connectivity index (χ4v) is 3.84. The van der Waals surface area contributed by atoms with Gasteiger partial charge in [-0.25, -0.2) is 4.98 Å². The third kappa shape index (κ3) is 3.53. The van der Waals surface area contributed by atoms with Crippen molar-refractivity contribution in [3.8, 4) is 10.6 Å². The first-order valence-electron chi connectivity index (χ1n) is 7.88. The molecule has 1 fully saturated rings. The van der Waals surface area contributed by atoms with E-state index in [1.54, 1.807) is 23.7 Å². The van der Waals surface area contributed by atoms with Gasteiger partial charge in [-0.05, 0) is 31.9 Å². The molecule has 0 aliphatic carbocycles. The van der Waals surface area contributed by atoms with Gasteiger partial charge in [0.05, 0.1) is 12.1 Å². The lowest BCUT2D eigenvalue weighted by Crippen LogP contribution is -2.33. The van der Waals surface area contributed by atoms with Crippen LogP contribution in [0.3, 0.4) is 0 Å². The Balaban J connectivity index is 1.72. The van der Waals surface area contributed by atoms with Crippen molar-refractivity contribution in [2.24, 2.45) is 0 Å². The zero-order chi connectivity index (χ0) is 15.4. The zero-order valence-corrected chi connectivity index (χ0v) is 13.7. The molecular weight excluding hydrogens is 294 g/mol. The molecule has 3 heterocycles. The van der Waals surface area contributed by atoms with Crippen LogP contribution < -0.4 is 0 Å². The highest BCUT2D eigenvalue weighted by Gasteiger charge is 2.19. The van der Waals surface area contributed by atoms with Gasteiger partial charge in [-0.3, -0.25) is 9.78 Å². The maximum atomic E-state index is 12.5. The topological polar surface area (TPSA) is 46.1 Å². The first-order valence-corrected chi connectivity index (χ1v) is 8.70. The van der Waals surface area contributed by atoms with E-state index in [2.05, 4.69) is 9.97 Å². The Morgan fingerprint density at radius 3 is 2.55 bits per heavy atom. The summed E-state index contributed by atoms with van der Waals surface area (Å²) in [7, 11) is 0. The molecule has 1 aliphatic rings. The fourth-order valence-electron chi connectivity index (χ4n) is 2.78. The zero-order valence-electron chi connectivity index (χ0n) is 12.9. The van der Waals surface area contributed by atoms with E-state index < -0.39 is 0 Å². The Morgan fingerprint density at radius 1 is 1.18 bits per heavy atom. The fraction of sp³-hybridized carbons (Fsp3) is 0.471. The molecule has 4 nitrogen and oxygen atoms in total. The first kappa shape index (κ1) is 15.2. The highest BCUT2D eigenvalue weighted by Crippen LogP contribution is 2.28. The molecular formula is C17H21N3OS. The summed E-state index contributed by atoms with van der Waals surface area (Å²) in [5.41, 5.74) is 2.04. The highest BCUT2D eigenvalue weighted by atomic mass is 32.1. The Kier molecular flexibility index (Phi) is 4.83. The maximum Gasteiger partial charge on any atom is 0.227 e. The molecule has 0 bridgehead atoms. The first-order chi connectivity index (χ1) is 10.7. The summed E-state index contributed by atoms with van der Waals surface area (Å²) in [6.07, 6.45) is 8.79. The average molecular weight is 315 g/mol. The predicted octanol–water partition coefficient (Wildman–Crippen LogP) is 3.46. The Morgan fingerprint density at radius 2 is 1.86 bits per heavy atom. The Bertz CT molecular complexity index is 631. The lowest BCUT2D eigenvalue weighted by molar-refractivity contribution is -0.130. The van der Waals surface area contributed by atoms with E-state index in [9.17, 15) is 4.79 Å². The molecule has 1 saturated heterocycles. The molecule has 5 heteroatoms. The van der Waals surface area contributed by atoms with E-state index >= 15 is 0 Å². The van der Waals surface area contributed by atoms with E-state index in [1.165, 1.54) is 12.8 Å². The van der Waals surface area contributed by atoms with Crippen molar-refractivity contribution in [3.05, 3.63) is 35.1 Å². The van der Waals surface area contributed by atoms with Crippen molar-refractivity contribution < 1.29 is 4.79 Å². The summed E-state index contributed by atoms with van der Waals surface area (Å²) < 4.78 is 0. The number of rotatable bonds is 3. The van der Waals surface area contributed by atoms with Gasteiger partial charge in [0, 0.05) is 35.9 Å². The van der Waals surface area contributed by atoms with Crippen LogP contribution in [-0.4, -0.2) is 33.9 Å². The molecule has 0 saturated carbocycles. The van der Waals surface area contributed by atoms with E-state index in [4.69, 9.17) is 0 Å². The summed E-state index contributed by atoms with van der Waals surface area (Å²) in [6, 6.07) is 3.91. The second-order valence-electron chi connectivity index (χ2n) is 5.74. The minimum absolute atomic E-state index is 0.245. The summed E-state index contributed by atoms with van der Waals surface area (Å²) in [6.45, 7) is 3.81. The number of aryl methyl sites for hydroxylation is 1. The average Bonchev–Trinajstić information content (AvgIpc) is 2.76. The van der Waals surface area contributed by atoms with Crippen LogP contribution in [0.25, 0.3) is 10.6 Å². The molecule has 2 aromatic heterocycles. The molecule has 0 unspecified atom stereocenters. The van der Waals surface area contributed by atoms with Gasteiger partial charge in [-0.1, -0.05) is 12.8 Å². The normalized spacial score (nSPS) is 15.6. The molecule has 2 aromatic rings. The molecule has 0 radical (unpaired) electrons. The van der Waals surface area contributed by atoms with E-state index in [-0.39, 0.29) is 5.91 Å². The van der Waals surface area contributed by atoms with Crippen LogP contribution in [0, 0.1) is 6.92 Å². The van der Waals surface area contributed by atoms with Crippen LogP contribution in [0.15, 0.2) is 24.5 Å². The minimum Gasteiger partial charge on any atom is -0.342 e. The number of nitrogens with zero attached hydrogens (tertiary/aromatic N) is 3. The van der Waals surface area contributed by atoms with Crippen LogP contribution in [0.4, 0.5) is 0 Å². The number of hydrogen-bond donors (Lipinski definition) is 0. The van der Waals surface area contributed by atoms with E-state index in [1.807, 2.05) is 24.0 Å². The monoisotopic (exact) mass is 315 g/mol. The Hall–Kier alpha value is -1.75. The lowest BCUT2D eigenvalue weighted by Gasteiger charge is -2.19. The minimum atomic E-state index is 0.245. The second kappa shape index (κ2) is 7.01. The van der Waals surface area contributed by atoms with Crippen LogP contribution in [0.2, 0.25) is 0 Å². The summed E-state index contributed by atoms with van der Waals surface area (Å²) in [4.78, 5) is 24.3. The van der Waals surface area contributed by atoms with Gasteiger partial charge in [0.1, 0.15) is 5.01 Å². The second-order valence-corrected chi connectivity index (χ2v) is 6.82. The number of hydrogen-bond acceptors (Lipinski definition) is 4. The highest BCUT2D eigenvalue weighted by molar-refractivity contribution is 7.15. The maximum absolute atomic E-state index is 12.5. The Labute approximate surface area is 135 Å². The predicted molar refractivity (Wildman–Crippen MR) is 88.8 cm³/mol. The number of amides is 1. The van der Waals surface area contributed by atoms with E-state index in [0.717, 1.165) is 47.1 Å². The van der Waals surface area contributed by atoms with Crippen LogP contribution in [-0.2, 0) is 11.2 Å². The molecule has 3 rings (SSSR count). The lowest BCUT2D eigenvalue weighted by atomic mass is 10.2. The van der Waals surface area contributed by atoms with Gasteiger partial charge in [-0.15, -0.1) is 11.3 Å². The molecule has 1 aliphatic heterocycles. The molecule has 22 heavy (non-hydrogen) atoms. The standard InChI is InChI=1S/C17H21N3OS/c1-13-15(12-16(21)20-10-4-2-3-5-11-20)22-17(19-13)14-6-8-18-9-7-14/h6-9H,2-5,10-12H2,1H3. The summed E-state index contributed by atoms with van der Waals surface area (Å²) >= 11 is 1.62. The van der Waals surface area contributed by atoms with Gasteiger partial charge in [-0.2, -0.15) is 0 Å². The third-order valence-electron chi connectivity index (χ3n) is 4.09. The van der Waals surface area contributed by atoms with Crippen molar-refractivity contribution in [2.75, 3.05) is 13.1 Å². The number of likely N-dealkylation sites (tertiary alicyclic amines) is 1. The summed E-state index contributed by atoms with van der Waals surface area (Å²) in [5.74, 6) is 0.245. The van der Waals surface area contributed by atoms with Crippen molar-refractivity contribution in [1.82, 2.24) is 14.9 Å². The van der Waals surface area contributed by atoms with Crippen molar-refractivity contribution in [3.63, 3.8) is 0 Å².